The predicted octanol–water partition coefficient (Wildman–Crippen LogP) is 2.14. The molecule has 0 saturated heterocycles. The van der Waals surface area contributed by atoms with E-state index in [4.69, 9.17) is 9.47 Å². The highest BCUT2D eigenvalue weighted by molar-refractivity contribution is 5.95. The number of esters is 1. The normalized spacial score (nSPS) is 10.0. The van der Waals surface area contributed by atoms with Crippen LogP contribution in [0.25, 0.3) is 0 Å². The van der Waals surface area contributed by atoms with Crippen molar-refractivity contribution in [3.63, 3.8) is 0 Å². The Morgan fingerprint density at radius 3 is 2.26 bits per heavy atom. The second-order valence-corrected chi connectivity index (χ2v) is 5.37. The van der Waals surface area contributed by atoms with Gasteiger partial charge in [0.2, 0.25) is 5.91 Å². The van der Waals surface area contributed by atoms with Gasteiger partial charge in [-0.15, -0.1) is 0 Å². The molecule has 0 aliphatic heterocycles. The van der Waals surface area contributed by atoms with Crippen LogP contribution in [0.4, 0.5) is 10.1 Å². The van der Waals surface area contributed by atoms with Crippen molar-refractivity contribution in [3.05, 3.63) is 59.9 Å². The molecular weight excluding hydrogens is 355 g/mol. The maximum absolute atomic E-state index is 12.8. The molecule has 0 saturated carbocycles. The quantitative estimate of drug-likeness (QED) is 0.691. The minimum Gasteiger partial charge on any atom is -0.494 e. The van der Waals surface area contributed by atoms with Gasteiger partial charge in [0, 0.05) is 5.69 Å². The number of amides is 2. The van der Waals surface area contributed by atoms with Crippen molar-refractivity contribution in [1.82, 2.24) is 5.32 Å². The molecule has 0 aliphatic carbocycles. The van der Waals surface area contributed by atoms with Crippen molar-refractivity contribution < 1.29 is 28.2 Å². The van der Waals surface area contributed by atoms with Crippen molar-refractivity contribution in [1.29, 1.82) is 0 Å². The van der Waals surface area contributed by atoms with E-state index in [1.807, 2.05) is 6.92 Å². The number of nitrogens with one attached hydrogen (secondary N) is 2. The van der Waals surface area contributed by atoms with E-state index in [9.17, 15) is 18.8 Å². The first kappa shape index (κ1) is 19.9. The fourth-order valence-electron chi connectivity index (χ4n) is 2.04. The van der Waals surface area contributed by atoms with E-state index in [-0.39, 0.29) is 12.1 Å². The molecule has 0 heterocycles. The molecule has 2 aromatic rings. The molecule has 2 amide bonds. The van der Waals surface area contributed by atoms with E-state index in [2.05, 4.69) is 10.6 Å². The van der Waals surface area contributed by atoms with Crippen molar-refractivity contribution in [3.8, 4) is 5.75 Å². The van der Waals surface area contributed by atoms with Gasteiger partial charge in [0.1, 0.15) is 11.6 Å². The third-order valence-electron chi connectivity index (χ3n) is 3.31. The van der Waals surface area contributed by atoms with Crippen LogP contribution in [0.2, 0.25) is 0 Å². The fraction of sp³-hybridized carbons (Fsp3) is 0.211. The molecule has 7 nitrogen and oxygen atoms in total. The molecule has 2 rings (SSSR count). The topological polar surface area (TPSA) is 93.7 Å². The van der Waals surface area contributed by atoms with Crippen LogP contribution in [0.3, 0.4) is 0 Å². The molecule has 8 heteroatoms. The summed E-state index contributed by atoms with van der Waals surface area (Å²) in [7, 11) is 0. The van der Waals surface area contributed by atoms with Gasteiger partial charge < -0.3 is 20.1 Å². The van der Waals surface area contributed by atoms with Crippen molar-refractivity contribution in [2.24, 2.45) is 0 Å². The zero-order valence-corrected chi connectivity index (χ0v) is 14.7. The Morgan fingerprint density at radius 2 is 1.63 bits per heavy atom. The van der Waals surface area contributed by atoms with Crippen LogP contribution >= 0.6 is 0 Å². The summed E-state index contributed by atoms with van der Waals surface area (Å²) in [5.41, 5.74) is 0.679. The van der Waals surface area contributed by atoms with Crippen LogP contribution in [0.5, 0.6) is 5.75 Å². The van der Waals surface area contributed by atoms with Crippen LogP contribution < -0.4 is 15.4 Å². The van der Waals surface area contributed by atoms with Crippen molar-refractivity contribution >= 4 is 23.5 Å². The van der Waals surface area contributed by atoms with Crippen LogP contribution in [0, 0.1) is 5.82 Å². The average Bonchev–Trinajstić information content (AvgIpc) is 2.67. The Bertz CT molecular complexity index is 791. The largest absolute Gasteiger partial charge is 0.494 e. The molecule has 0 unspecified atom stereocenters. The first-order valence-electron chi connectivity index (χ1n) is 8.20. The summed E-state index contributed by atoms with van der Waals surface area (Å²) < 4.78 is 22.9. The summed E-state index contributed by atoms with van der Waals surface area (Å²) in [4.78, 5) is 35.3. The molecule has 0 atom stereocenters. The van der Waals surface area contributed by atoms with E-state index in [0.29, 0.717) is 18.0 Å². The van der Waals surface area contributed by atoms with E-state index in [1.54, 1.807) is 12.1 Å². The first-order valence-corrected chi connectivity index (χ1v) is 8.20. The molecule has 0 radical (unpaired) electrons. The maximum Gasteiger partial charge on any atom is 0.338 e. The Morgan fingerprint density at radius 1 is 0.963 bits per heavy atom. The maximum atomic E-state index is 12.8. The number of rotatable bonds is 8. The van der Waals surface area contributed by atoms with Gasteiger partial charge in [-0.05, 0) is 55.5 Å². The number of anilines is 1. The van der Waals surface area contributed by atoms with Gasteiger partial charge in [0.25, 0.3) is 5.91 Å². The van der Waals surface area contributed by atoms with E-state index < -0.39 is 30.2 Å². The van der Waals surface area contributed by atoms with Gasteiger partial charge in [-0.1, -0.05) is 0 Å². The molecule has 0 fully saturated rings. The molecule has 0 bridgehead atoms. The molecule has 0 spiro atoms. The molecule has 2 N–H and O–H groups in total. The number of hydrogen-bond acceptors (Lipinski definition) is 5. The Kier molecular flexibility index (Phi) is 7.30. The lowest BCUT2D eigenvalue weighted by Gasteiger charge is -2.08. The highest BCUT2D eigenvalue weighted by atomic mass is 19.1. The van der Waals surface area contributed by atoms with Gasteiger partial charge in [-0.2, -0.15) is 0 Å². The highest BCUT2D eigenvalue weighted by Gasteiger charge is 2.11. The number of ether oxygens (including phenoxy) is 2. The number of carbonyl (C=O) groups excluding carboxylic acids is 3. The third-order valence-corrected chi connectivity index (χ3v) is 3.31. The van der Waals surface area contributed by atoms with E-state index >= 15 is 0 Å². The van der Waals surface area contributed by atoms with E-state index in [0.717, 1.165) is 0 Å². The van der Waals surface area contributed by atoms with Gasteiger partial charge in [-0.25, -0.2) is 9.18 Å². The molecular formula is C19H19FN2O5. The molecule has 142 valence electrons. The van der Waals surface area contributed by atoms with Crippen molar-refractivity contribution in [2.75, 3.05) is 25.1 Å². The first-order chi connectivity index (χ1) is 13.0. The molecule has 27 heavy (non-hydrogen) atoms. The van der Waals surface area contributed by atoms with Gasteiger partial charge in [0.05, 0.1) is 18.7 Å². The van der Waals surface area contributed by atoms with Crippen molar-refractivity contribution in [2.45, 2.75) is 6.92 Å². The van der Waals surface area contributed by atoms with Crippen LogP contribution in [0.1, 0.15) is 17.3 Å². The summed E-state index contributed by atoms with van der Waals surface area (Å²) >= 11 is 0. The minimum atomic E-state index is -0.663. The molecule has 0 aliphatic rings. The van der Waals surface area contributed by atoms with Gasteiger partial charge >= 0.3 is 5.97 Å². The lowest BCUT2D eigenvalue weighted by molar-refractivity contribution is -0.126. The monoisotopic (exact) mass is 374 g/mol. The van der Waals surface area contributed by atoms with Gasteiger partial charge in [0.15, 0.2) is 6.61 Å². The summed E-state index contributed by atoms with van der Waals surface area (Å²) in [5, 5.41) is 4.82. The van der Waals surface area contributed by atoms with Gasteiger partial charge in [-0.3, -0.25) is 9.59 Å². The lowest BCUT2D eigenvalue weighted by Crippen LogP contribution is -2.35. The Labute approximate surface area is 155 Å². The average molecular weight is 374 g/mol. The lowest BCUT2D eigenvalue weighted by atomic mass is 10.2. The Hall–Kier alpha value is -3.42. The SMILES string of the molecule is CCOc1ccc(C(=O)OCC(=O)NCC(=O)Nc2ccc(F)cc2)cc1. The summed E-state index contributed by atoms with van der Waals surface area (Å²) in [5.74, 6) is -1.57. The second kappa shape index (κ2) is 9.91. The smallest absolute Gasteiger partial charge is 0.338 e. The number of hydrogen-bond donors (Lipinski definition) is 2. The summed E-state index contributed by atoms with van der Waals surface area (Å²) in [6.45, 7) is 1.53. The minimum absolute atomic E-state index is 0.278. The zero-order chi connectivity index (χ0) is 19.6. The Balaban J connectivity index is 1.71. The number of carbonyl (C=O) groups is 3. The van der Waals surface area contributed by atoms with Crippen LogP contribution in [-0.4, -0.2) is 37.5 Å². The standard InChI is InChI=1S/C19H19FN2O5/c1-2-26-16-9-3-13(4-10-16)19(25)27-12-18(24)21-11-17(23)22-15-7-5-14(20)6-8-15/h3-10H,2,11-12H2,1H3,(H,21,24)(H,22,23). The number of halogens is 1. The predicted molar refractivity (Wildman–Crippen MR) is 95.9 cm³/mol. The van der Waals surface area contributed by atoms with Crippen LogP contribution in [0.15, 0.2) is 48.5 Å². The van der Waals surface area contributed by atoms with E-state index in [1.165, 1.54) is 36.4 Å². The molecule has 2 aromatic carbocycles. The fourth-order valence-corrected chi connectivity index (χ4v) is 2.04. The zero-order valence-electron chi connectivity index (χ0n) is 14.7. The third kappa shape index (κ3) is 6.77. The van der Waals surface area contributed by atoms with Crippen LogP contribution in [-0.2, 0) is 14.3 Å². The highest BCUT2D eigenvalue weighted by Crippen LogP contribution is 2.12. The molecule has 0 aromatic heterocycles. The number of benzene rings is 2. The summed E-state index contributed by atoms with van der Waals surface area (Å²) in [6, 6.07) is 11.5. The second-order valence-electron chi connectivity index (χ2n) is 5.37. The summed E-state index contributed by atoms with van der Waals surface area (Å²) in [6.07, 6.45) is 0.